The number of hydrogen-bond donors (Lipinski definition) is 1. The van der Waals surface area contributed by atoms with Crippen molar-refractivity contribution in [2.24, 2.45) is 0 Å². The highest BCUT2D eigenvalue weighted by molar-refractivity contribution is 5.84. The summed E-state index contributed by atoms with van der Waals surface area (Å²) < 4.78 is 0. The molecule has 0 fully saturated rings. The minimum absolute atomic E-state index is 0.738. The first-order valence-electron chi connectivity index (χ1n) is 6.41. The molecule has 20 heavy (non-hydrogen) atoms. The molecule has 0 aliphatic carbocycles. The van der Waals surface area contributed by atoms with Gasteiger partial charge in [0.15, 0.2) is 6.20 Å². The van der Waals surface area contributed by atoms with Gasteiger partial charge in [-0.15, -0.1) is 0 Å². The van der Waals surface area contributed by atoms with Crippen LogP contribution >= 0.6 is 0 Å². The van der Waals surface area contributed by atoms with Crippen LogP contribution in [-0.2, 0) is 6.42 Å². The quantitative estimate of drug-likeness (QED) is 0.702. The first-order valence-corrected chi connectivity index (χ1v) is 6.41. The van der Waals surface area contributed by atoms with Crippen LogP contribution in [0.1, 0.15) is 5.56 Å². The van der Waals surface area contributed by atoms with Gasteiger partial charge in [0.1, 0.15) is 5.65 Å². The van der Waals surface area contributed by atoms with Crippen LogP contribution in [0.5, 0.6) is 0 Å². The molecule has 0 bridgehead atoms. The van der Waals surface area contributed by atoms with Crippen molar-refractivity contribution in [3.63, 3.8) is 0 Å². The molecule has 0 amide bonds. The minimum Gasteiger partial charge on any atom is -0.346 e. The molecule has 3 nitrogen and oxygen atoms in total. The maximum Gasteiger partial charge on any atom is 0.150 e. The molecule has 1 aromatic carbocycles. The van der Waals surface area contributed by atoms with E-state index in [9.17, 15) is 0 Å². The van der Waals surface area contributed by atoms with Gasteiger partial charge in [-0.1, -0.05) is 36.4 Å². The fourth-order valence-electron chi connectivity index (χ4n) is 2.25. The number of aromatic amines is 1. The predicted molar refractivity (Wildman–Crippen MR) is 81.0 cm³/mol. The van der Waals surface area contributed by atoms with Gasteiger partial charge in [0.05, 0.1) is 6.57 Å². The van der Waals surface area contributed by atoms with E-state index in [-0.39, 0.29) is 0 Å². The molecular formula is C17H13N3. The Morgan fingerprint density at radius 2 is 2.05 bits per heavy atom. The van der Waals surface area contributed by atoms with Gasteiger partial charge < -0.3 is 4.98 Å². The normalized spacial score (nSPS) is 10.9. The third-order valence-corrected chi connectivity index (χ3v) is 3.24. The smallest absolute Gasteiger partial charge is 0.150 e. The van der Waals surface area contributed by atoms with E-state index in [2.05, 4.69) is 33.0 Å². The molecule has 2 aromatic heterocycles. The van der Waals surface area contributed by atoms with Crippen LogP contribution in [0, 0.1) is 6.57 Å². The van der Waals surface area contributed by atoms with E-state index < -0.39 is 0 Å². The third kappa shape index (κ3) is 2.32. The third-order valence-electron chi connectivity index (χ3n) is 3.24. The number of rotatable bonds is 3. The van der Waals surface area contributed by atoms with Crippen molar-refractivity contribution in [3.8, 4) is 11.1 Å². The van der Waals surface area contributed by atoms with Gasteiger partial charge in [-0.3, -0.25) is 0 Å². The van der Waals surface area contributed by atoms with Crippen LogP contribution in [-0.4, -0.2) is 9.97 Å². The van der Waals surface area contributed by atoms with Gasteiger partial charge in [-0.05, 0) is 23.6 Å². The zero-order chi connectivity index (χ0) is 13.8. The number of fused-ring (bicyclic) bond motifs is 1. The monoisotopic (exact) mass is 259 g/mol. The Morgan fingerprint density at radius 3 is 2.85 bits per heavy atom. The topological polar surface area (TPSA) is 33.0 Å². The summed E-state index contributed by atoms with van der Waals surface area (Å²) in [6.45, 7) is 6.76. The molecule has 3 heteroatoms. The van der Waals surface area contributed by atoms with Crippen molar-refractivity contribution < 1.29 is 0 Å². The largest absolute Gasteiger partial charge is 0.346 e. The van der Waals surface area contributed by atoms with Crippen molar-refractivity contribution >= 4 is 11.0 Å². The summed E-state index contributed by atoms with van der Waals surface area (Å²) in [5.41, 5.74) is 4.31. The second-order valence-corrected chi connectivity index (χ2v) is 4.52. The second-order valence-electron chi connectivity index (χ2n) is 4.52. The van der Waals surface area contributed by atoms with Gasteiger partial charge in [0, 0.05) is 23.3 Å². The average Bonchev–Trinajstić information content (AvgIpc) is 2.91. The fraction of sp³-hybridized carbons (Fsp3) is 0.0588. The summed E-state index contributed by atoms with van der Waals surface area (Å²) in [6.07, 6.45) is 7.94. The van der Waals surface area contributed by atoms with E-state index in [1.54, 1.807) is 0 Å². The van der Waals surface area contributed by atoms with Gasteiger partial charge >= 0.3 is 0 Å². The van der Waals surface area contributed by atoms with E-state index in [1.807, 2.05) is 36.7 Å². The molecule has 0 aliphatic heterocycles. The first kappa shape index (κ1) is 12.2. The maximum atomic E-state index is 6.76. The van der Waals surface area contributed by atoms with E-state index in [4.69, 9.17) is 6.57 Å². The van der Waals surface area contributed by atoms with Crippen LogP contribution in [0.2, 0.25) is 0 Å². The average molecular weight is 259 g/mol. The lowest BCUT2D eigenvalue weighted by molar-refractivity contribution is 1.28. The molecule has 0 atom stereocenters. The van der Waals surface area contributed by atoms with Gasteiger partial charge in [0.25, 0.3) is 0 Å². The Hall–Kier alpha value is -2.86. The molecular weight excluding hydrogens is 246 g/mol. The van der Waals surface area contributed by atoms with E-state index in [0.717, 1.165) is 34.1 Å². The standard InChI is InChI=1S/C17H13N3/c1-18-9-5-8-14-11-19-17-16(14)10-15(12-20-17)13-6-3-2-4-7-13/h2-7,9-12H,8H2,(H,19,20)/b9-5-. The number of pyridine rings is 1. The van der Waals surface area contributed by atoms with Crippen molar-refractivity contribution in [2.45, 2.75) is 6.42 Å². The van der Waals surface area contributed by atoms with Crippen molar-refractivity contribution in [2.75, 3.05) is 0 Å². The number of nitrogens with one attached hydrogen (secondary N) is 1. The number of allylic oxidation sites excluding steroid dienone is 1. The van der Waals surface area contributed by atoms with Crippen molar-refractivity contribution in [1.29, 1.82) is 0 Å². The maximum absolute atomic E-state index is 6.76. The molecule has 2 heterocycles. The summed E-state index contributed by atoms with van der Waals surface area (Å²) in [7, 11) is 0. The van der Waals surface area contributed by atoms with Crippen LogP contribution in [0.15, 0.2) is 61.1 Å². The lowest BCUT2D eigenvalue weighted by atomic mass is 10.0. The molecule has 0 unspecified atom stereocenters. The molecule has 0 saturated heterocycles. The van der Waals surface area contributed by atoms with Crippen LogP contribution in [0.4, 0.5) is 0 Å². The van der Waals surface area contributed by atoms with Gasteiger partial charge in [-0.25, -0.2) is 9.83 Å². The van der Waals surface area contributed by atoms with Gasteiger partial charge in [-0.2, -0.15) is 0 Å². The van der Waals surface area contributed by atoms with Crippen LogP contribution in [0.3, 0.4) is 0 Å². The van der Waals surface area contributed by atoms with Crippen molar-refractivity contribution in [3.05, 3.63) is 78.0 Å². The van der Waals surface area contributed by atoms with Crippen molar-refractivity contribution in [1.82, 2.24) is 9.97 Å². The molecule has 0 spiro atoms. The van der Waals surface area contributed by atoms with Crippen LogP contribution in [0.25, 0.3) is 27.0 Å². The van der Waals surface area contributed by atoms with E-state index >= 15 is 0 Å². The Morgan fingerprint density at radius 1 is 1.20 bits per heavy atom. The summed E-state index contributed by atoms with van der Waals surface area (Å²) >= 11 is 0. The molecule has 3 rings (SSSR count). The Kier molecular flexibility index (Phi) is 3.30. The number of H-pyrrole nitrogens is 1. The second kappa shape index (κ2) is 5.41. The molecule has 3 aromatic rings. The Bertz CT molecular complexity index is 792. The molecule has 0 aliphatic rings. The highest BCUT2D eigenvalue weighted by Gasteiger charge is 2.05. The Balaban J connectivity index is 2.04. The molecule has 1 N–H and O–H groups in total. The number of nitrogens with zero attached hydrogens (tertiary/aromatic N) is 2. The zero-order valence-corrected chi connectivity index (χ0v) is 10.9. The Labute approximate surface area is 117 Å². The summed E-state index contributed by atoms with van der Waals surface area (Å²) in [5, 5.41) is 1.11. The number of hydrogen-bond acceptors (Lipinski definition) is 1. The highest BCUT2D eigenvalue weighted by Crippen LogP contribution is 2.24. The van der Waals surface area contributed by atoms with E-state index in [0.29, 0.717) is 0 Å². The summed E-state index contributed by atoms with van der Waals surface area (Å²) in [5.74, 6) is 0. The summed E-state index contributed by atoms with van der Waals surface area (Å²) in [4.78, 5) is 10.9. The number of benzene rings is 1. The van der Waals surface area contributed by atoms with E-state index in [1.165, 1.54) is 6.20 Å². The SMILES string of the molecule is [C-]#[N+]/C=C\Cc1c[nH]c2ncc(-c3ccccc3)cc12. The highest BCUT2D eigenvalue weighted by atomic mass is 14.8. The molecule has 0 radical (unpaired) electrons. The predicted octanol–water partition coefficient (Wildman–Crippen LogP) is 4.21. The zero-order valence-electron chi connectivity index (χ0n) is 10.9. The molecule has 0 saturated carbocycles. The lowest BCUT2D eigenvalue weighted by Gasteiger charge is -2.02. The summed E-state index contributed by atoms with van der Waals surface area (Å²) in [6, 6.07) is 12.4. The molecule has 96 valence electrons. The van der Waals surface area contributed by atoms with Gasteiger partial charge in [0.2, 0.25) is 0 Å². The first-order chi connectivity index (χ1) is 9.88. The lowest BCUT2D eigenvalue weighted by Crippen LogP contribution is -1.83. The minimum atomic E-state index is 0.738. The number of aromatic nitrogens is 2. The van der Waals surface area contributed by atoms with Crippen LogP contribution < -0.4 is 0 Å². The fourth-order valence-corrected chi connectivity index (χ4v) is 2.25.